The number of fused-ring (bicyclic) bond motifs is 5. The summed E-state index contributed by atoms with van der Waals surface area (Å²) in [6.07, 6.45) is 11.1. The van der Waals surface area contributed by atoms with Crippen LogP contribution >= 0.6 is 0 Å². The van der Waals surface area contributed by atoms with Crippen LogP contribution in [0.4, 0.5) is 0 Å². The number of benzene rings is 1. The fraction of sp³-hybridized carbons (Fsp3) is 0.727. The van der Waals surface area contributed by atoms with Gasteiger partial charge in [0.1, 0.15) is 5.75 Å². The summed E-state index contributed by atoms with van der Waals surface area (Å²) < 4.78 is 11.5. The van der Waals surface area contributed by atoms with Crippen molar-refractivity contribution in [3.8, 4) is 5.75 Å². The quantitative estimate of drug-likeness (QED) is 0.745. The van der Waals surface area contributed by atoms with Gasteiger partial charge in [0.25, 0.3) is 0 Å². The number of hydrogen-bond acceptors (Lipinski definition) is 2. The van der Waals surface area contributed by atoms with E-state index in [-0.39, 0.29) is 0 Å². The Bertz CT molecular complexity index is 596. The van der Waals surface area contributed by atoms with Gasteiger partial charge >= 0.3 is 0 Å². The Kier molecular flexibility index (Phi) is 4.36. The van der Waals surface area contributed by atoms with Gasteiger partial charge in [-0.05, 0) is 91.4 Å². The second-order valence-corrected chi connectivity index (χ2v) is 8.26. The van der Waals surface area contributed by atoms with Crippen LogP contribution in [0.3, 0.4) is 0 Å². The van der Waals surface area contributed by atoms with E-state index >= 15 is 0 Å². The summed E-state index contributed by atoms with van der Waals surface area (Å²) in [6, 6.07) is 6.78. The molecule has 24 heavy (non-hydrogen) atoms. The SMILES string of the molecule is CC[C@]12CC[C@@H]3c4cc(OC)ccc4CC[C@H]3[C@@H]1CCCC2OC. The van der Waals surface area contributed by atoms with E-state index in [2.05, 4.69) is 25.1 Å². The molecule has 0 aliphatic heterocycles. The third kappa shape index (κ3) is 2.33. The topological polar surface area (TPSA) is 18.5 Å². The molecule has 0 spiro atoms. The van der Waals surface area contributed by atoms with E-state index in [9.17, 15) is 0 Å². The third-order valence-electron chi connectivity index (χ3n) is 7.76. The molecule has 3 aliphatic carbocycles. The molecule has 1 unspecified atom stereocenters. The van der Waals surface area contributed by atoms with Gasteiger partial charge in [-0.3, -0.25) is 0 Å². The van der Waals surface area contributed by atoms with E-state index in [1.54, 1.807) is 18.2 Å². The highest BCUT2D eigenvalue weighted by Gasteiger charge is 2.54. The summed E-state index contributed by atoms with van der Waals surface area (Å²) in [5.41, 5.74) is 3.60. The van der Waals surface area contributed by atoms with E-state index in [4.69, 9.17) is 9.47 Å². The van der Waals surface area contributed by atoms with Crippen molar-refractivity contribution in [3.63, 3.8) is 0 Å². The molecule has 0 radical (unpaired) electrons. The van der Waals surface area contributed by atoms with Crippen molar-refractivity contribution in [3.05, 3.63) is 29.3 Å². The van der Waals surface area contributed by atoms with Crippen molar-refractivity contribution in [2.24, 2.45) is 17.3 Å². The first kappa shape index (κ1) is 16.4. The lowest BCUT2D eigenvalue weighted by Gasteiger charge is -2.58. The first-order valence-corrected chi connectivity index (χ1v) is 9.93. The lowest BCUT2D eigenvalue weighted by molar-refractivity contribution is -0.127. The molecule has 1 aromatic carbocycles. The van der Waals surface area contributed by atoms with Gasteiger partial charge in [-0.15, -0.1) is 0 Å². The van der Waals surface area contributed by atoms with Crippen LogP contribution in [0.15, 0.2) is 18.2 Å². The largest absolute Gasteiger partial charge is 0.497 e. The van der Waals surface area contributed by atoms with Gasteiger partial charge in [-0.1, -0.05) is 19.4 Å². The van der Waals surface area contributed by atoms with Gasteiger partial charge < -0.3 is 9.47 Å². The molecule has 2 nitrogen and oxygen atoms in total. The molecule has 0 amide bonds. The molecule has 2 heteroatoms. The minimum Gasteiger partial charge on any atom is -0.497 e. The van der Waals surface area contributed by atoms with E-state index in [1.165, 1.54) is 51.4 Å². The molecule has 2 fully saturated rings. The molecule has 0 N–H and O–H groups in total. The molecule has 0 bridgehead atoms. The summed E-state index contributed by atoms with van der Waals surface area (Å²) >= 11 is 0. The van der Waals surface area contributed by atoms with Gasteiger partial charge in [-0.2, -0.15) is 0 Å². The van der Waals surface area contributed by atoms with Crippen molar-refractivity contribution in [1.29, 1.82) is 0 Å². The van der Waals surface area contributed by atoms with Crippen LogP contribution in [0.2, 0.25) is 0 Å². The first-order valence-electron chi connectivity index (χ1n) is 9.93. The van der Waals surface area contributed by atoms with Gasteiger partial charge in [-0.25, -0.2) is 0 Å². The molecule has 2 saturated carbocycles. The van der Waals surface area contributed by atoms with Gasteiger partial charge in [0.2, 0.25) is 0 Å². The Balaban J connectivity index is 1.70. The van der Waals surface area contributed by atoms with Crippen LogP contribution < -0.4 is 4.74 Å². The van der Waals surface area contributed by atoms with E-state index in [1.807, 2.05) is 7.11 Å². The van der Waals surface area contributed by atoms with Gasteiger partial charge in [0, 0.05) is 7.11 Å². The molecular formula is C22H32O2. The van der Waals surface area contributed by atoms with Crippen molar-refractivity contribution in [2.75, 3.05) is 14.2 Å². The molecule has 0 heterocycles. The maximum Gasteiger partial charge on any atom is 0.119 e. The Morgan fingerprint density at radius 2 is 2.00 bits per heavy atom. The zero-order chi connectivity index (χ0) is 16.7. The van der Waals surface area contributed by atoms with Crippen LogP contribution in [0.1, 0.15) is 68.9 Å². The third-order valence-corrected chi connectivity index (χ3v) is 7.76. The van der Waals surface area contributed by atoms with Crippen molar-refractivity contribution in [1.82, 2.24) is 0 Å². The smallest absolute Gasteiger partial charge is 0.119 e. The lowest BCUT2D eigenvalue weighted by atomic mass is 9.48. The predicted molar refractivity (Wildman–Crippen MR) is 97.6 cm³/mol. The van der Waals surface area contributed by atoms with Crippen LogP contribution in [-0.4, -0.2) is 20.3 Å². The number of methoxy groups -OCH3 is 2. The molecule has 5 atom stereocenters. The van der Waals surface area contributed by atoms with Crippen LogP contribution in [0.25, 0.3) is 0 Å². The molecule has 4 rings (SSSR count). The number of ether oxygens (including phenoxy) is 2. The van der Waals surface area contributed by atoms with E-state index in [0.717, 1.165) is 23.5 Å². The molecule has 132 valence electrons. The standard InChI is InChI=1S/C22H32O2/c1-4-22-13-12-17-18(20(22)6-5-7-21(22)24-3)11-9-15-8-10-16(23-2)14-19(15)17/h8,10,14,17-18,20-21H,4-7,9,11-13H2,1-3H3/t17-,18+,20-,21?,22-/m0/s1. The average molecular weight is 328 g/mol. The second-order valence-electron chi connectivity index (χ2n) is 8.26. The molecular weight excluding hydrogens is 296 g/mol. The molecule has 3 aliphatic rings. The summed E-state index contributed by atoms with van der Waals surface area (Å²) in [5, 5.41) is 0. The minimum absolute atomic E-state index is 0.435. The maximum atomic E-state index is 6.02. The minimum atomic E-state index is 0.435. The Labute approximate surface area is 146 Å². The van der Waals surface area contributed by atoms with Crippen molar-refractivity contribution in [2.45, 2.75) is 70.3 Å². The monoisotopic (exact) mass is 328 g/mol. The summed E-state index contributed by atoms with van der Waals surface area (Å²) in [4.78, 5) is 0. The second kappa shape index (κ2) is 6.37. The van der Waals surface area contributed by atoms with Crippen LogP contribution in [-0.2, 0) is 11.2 Å². The van der Waals surface area contributed by atoms with Crippen molar-refractivity contribution >= 4 is 0 Å². The highest BCUT2D eigenvalue weighted by atomic mass is 16.5. The highest BCUT2D eigenvalue weighted by molar-refractivity contribution is 5.41. The summed E-state index contributed by atoms with van der Waals surface area (Å²) in [5.74, 6) is 3.46. The molecule has 1 aromatic rings. The lowest BCUT2D eigenvalue weighted by Crippen LogP contribution is -2.53. The Hall–Kier alpha value is -1.02. The normalized spacial score (nSPS) is 38.0. The Morgan fingerprint density at radius 1 is 1.12 bits per heavy atom. The summed E-state index contributed by atoms with van der Waals surface area (Å²) in [6.45, 7) is 2.41. The van der Waals surface area contributed by atoms with Crippen molar-refractivity contribution < 1.29 is 9.47 Å². The van der Waals surface area contributed by atoms with E-state index < -0.39 is 0 Å². The summed E-state index contributed by atoms with van der Waals surface area (Å²) in [7, 11) is 3.73. The zero-order valence-electron chi connectivity index (χ0n) is 15.5. The average Bonchev–Trinajstić information content (AvgIpc) is 2.66. The highest BCUT2D eigenvalue weighted by Crippen LogP contribution is 2.61. The van der Waals surface area contributed by atoms with Crippen LogP contribution in [0.5, 0.6) is 5.75 Å². The van der Waals surface area contributed by atoms with Gasteiger partial charge in [0.15, 0.2) is 0 Å². The van der Waals surface area contributed by atoms with Crippen LogP contribution in [0, 0.1) is 17.3 Å². The first-order chi connectivity index (χ1) is 11.7. The molecule has 0 saturated heterocycles. The predicted octanol–water partition coefficient (Wildman–Crippen LogP) is 5.35. The maximum absolute atomic E-state index is 6.02. The zero-order valence-corrected chi connectivity index (χ0v) is 15.5. The van der Waals surface area contributed by atoms with E-state index in [0.29, 0.717) is 11.5 Å². The van der Waals surface area contributed by atoms with Gasteiger partial charge in [0.05, 0.1) is 13.2 Å². The fourth-order valence-corrected chi connectivity index (χ4v) is 6.65. The number of hydrogen-bond donors (Lipinski definition) is 0. The Morgan fingerprint density at radius 3 is 2.75 bits per heavy atom. The molecule has 0 aromatic heterocycles. The fourth-order valence-electron chi connectivity index (χ4n) is 6.65. The number of aryl methyl sites for hydroxylation is 1. The number of rotatable bonds is 3.